The Morgan fingerprint density at radius 1 is 0.944 bits per heavy atom. The lowest BCUT2D eigenvalue weighted by atomic mass is 10.0. The lowest BCUT2D eigenvalue weighted by Gasteiger charge is -2.30. The molecule has 2 aromatic carbocycles. The first-order valence-electron chi connectivity index (χ1n) is 10.5. The van der Waals surface area contributed by atoms with E-state index < -0.39 is 67.2 Å². The Kier molecular flexibility index (Phi) is 6.79. The highest BCUT2D eigenvalue weighted by atomic mass is 16.7. The third-order valence-corrected chi connectivity index (χ3v) is 5.47. The summed E-state index contributed by atoms with van der Waals surface area (Å²) in [6.45, 7) is -0.558. The standard InChI is InChI=1S/C23H22O13/c24-10-4-13(26)11-6-16(22(34-15(11)5-10)9-1-2-12(25)14(27)3-9)35-23-21(32)20(31)17(36-23)8-33-19(30)7-18(28)29/h1-6,17,20-27,31-32H,7-8H2,(H,28,29)/t17-,20-,21+,22?,23+/m1/s1. The second-order valence-corrected chi connectivity index (χ2v) is 8.06. The van der Waals surface area contributed by atoms with Gasteiger partial charge >= 0.3 is 11.9 Å². The zero-order valence-corrected chi connectivity index (χ0v) is 18.3. The molecule has 0 spiro atoms. The van der Waals surface area contributed by atoms with Crippen molar-refractivity contribution in [3.8, 4) is 28.7 Å². The fraction of sp³-hybridized carbons (Fsp3) is 0.304. The maximum atomic E-state index is 11.5. The van der Waals surface area contributed by atoms with E-state index in [4.69, 9.17) is 24.1 Å². The molecule has 2 aromatic rings. The first-order valence-corrected chi connectivity index (χ1v) is 10.5. The summed E-state index contributed by atoms with van der Waals surface area (Å²) >= 11 is 0. The number of aliphatic hydroxyl groups excluding tert-OH is 2. The molecule has 2 aliphatic heterocycles. The monoisotopic (exact) mass is 506 g/mol. The van der Waals surface area contributed by atoms with Gasteiger partial charge in [0, 0.05) is 17.7 Å². The van der Waals surface area contributed by atoms with Crippen molar-refractivity contribution in [2.45, 2.75) is 37.1 Å². The third-order valence-electron chi connectivity index (χ3n) is 5.47. The van der Waals surface area contributed by atoms with Gasteiger partial charge in [0.1, 0.15) is 54.3 Å². The van der Waals surface area contributed by atoms with Crippen LogP contribution in [0.1, 0.15) is 23.7 Å². The summed E-state index contributed by atoms with van der Waals surface area (Å²) in [5.41, 5.74) is 0.395. The molecule has 1 saturated heterocycles. The zero-order chi connectivity index (χ0) is 26.1. The molecule has 0 saturated carbocycles. The minimum atomic E-state index is -1.63. The number of carboxylic acid groups (broad SMARTS) is 1. The topological polar surface area (TPSA) is 213 Å². The SMILES string of the molecule is O=C(O)CC(=O)OC[C@H]1O[C@H](OC2=Cc3c(O)cc(O)cc3OC2c2ccc(O)c(O)c2)[C@@H](O)[C@@H]1O. The number of aliphatic hydroxyl groups is 2. The molecule has 0 aliphatic carbocycles. The van der Waals surface area contributed by atoms with Gasteiger partial charge in [-0.25, -0.2) is 0 Å². The van der Waals surface area contributed by atoms with Crippen molar-refractivity contribution in [2.75, 3.05) is 6.61 Å². The lowest BCUT2D eigenvalue weighted by Crippen LogP contribution is -2.36. The number of aromatic hydroxyl groups is 4. The van der Waals surface area contributed by atoms with Crippen molar-refractivity contribution in [2.24, 2.45) is 0 Å². The predicted molar refractivity (Wildman–Crippen MR) is 116 cm³/mol. The highest BCUT2D eigenvalue weighted by molar-refractivity contribution is 5.90. The average molecular weight is 506 g/mol. The molecule has 13 nitrogen and oxygen atoms in total. The van der Waals surface area contributed by atoms with Crippen LogP contribution in [0.2, 0.25) is 0 Å². The number of carbonyl (C=O) groups excluding carboxylic acids is 1. The molecule has 2 aliphatic rings. The van der Waals surface area contributed by atoms with Crippen LogP contribution in [0.3, 0.4) is 0 Å². The van der Waals surface area contributed by atoms with Crippen LogP contribution in [0.4, 0.5) is 0 Å². The van der Waals surface area contributed by atoms with E-state index in [1.807, 2.05) is 0 Å². The quantitative estimate of drug-likeness (QED) is 0.155. The Bertz CT molecular complexity index is 1210. The molecule has 4 rings (SSSR count). The van der Waals surface area contributed by atoms with E-state index >= 15 is 0 Å². The van der Waals surface area contributed by atoms with E-state index in [0.29, 0.717) is 0 Å². The van der Waals surface area contributed by atoms with Gasteiger partial charge in [-0.1, -0.05) is 6.07 Å². The third kappa shape index (κ3) is 5.07. The second-order valence-electron chi connectivity index (χ2n) is 8.06. The minimum absolute atomic E-state index is 0.0478. The average Bonchev–Trinajstić information content (AvgIpc) is 3.07. The molecule has 1 fully saturated rings. The number of aliphatic carboxylic acids is 1. The van der Waals surface area contributed by atoms with Crippen molar-refractivity contribution in [1.29, 1.82) is 0 Å². The Balaban J connectivity index is 1.59. The van der Waals surface area contributed by atoms with Crippen LogP contribution in [0.25, 0.3) is 6.08 Å². The van der Waals surface area contributed by atoms with Crippen LogP contribution in [0, 0.1) is 0 Å². The summed E-state index contributed by atoms with van der Waals surface area (Å²) in [4.78, 5) is 22.1. The van der Waals surface area contributed by atoms with Gasteiger partial charge in [0.2, 0.25) is 6.29 Å². The molecule has 5 atom stereocenters. The van der Waals surface area contributed by atoms with Crippen LogP contribution in [-0.2, 0) is 23.8 Å². The Morgan fingerprint density at radius 2 is 1.69 bits per heavy atom. The molecular formula is C23H22O13. The van der Waals surface area contributed by atoms with E-state index in [-0.39, 0.29) is 34.1 Å². The van der Waals surface area contributed by atoms with Gasteiger partial charge in [0.05, 0.1) is 5.56 Å². The van der Waals surface area contributed by atoms with Crippen molar-refractivity contribution in [1.82, 2.24) is 0 Å². The van der Waals surface area contributed by atoms with Gasteiger partial charge in [-0.05, 0) is 18.2 Å². The maximum absolute atomic E-state index is 11.5. The molecule has 7 N–H and O–H groups in total. The van der Waals surface area contributed by atoms with E-state index in [1.165, 1.54) is 30.3 Å². The summed E-state index contributed by atoms with van der Waals surface area (Å²) < 4.78 is 21.9. The number of hydrogen-bond acceptors (Lipinski definition) is 12. The van der Waals surface area contributed by atoms with Gasteiger partial charge < -0.3 is 54.7 Å². The van der Waals surface area contributed by atoms with Crippen LogP contribution in [-0.4, -0.2) is 78.9 Å². The van der Waals surface area contributed by atoms with Crippen molar-refractivity contribution in [3.05, 3.63) is 47.2 Å². The van der Waals surface area contributed by atoms with Crippen LogP contribution >= 0.6 is 0 Å². The summed E-state index contributed by atoms with van der Waals surface area (Å²) in [7, 11) is 0. The Hall–Kier alpha value is -4.20. The number of phenolic OH excluding ortho intramolecular Hbond substituents is 4. The number of carbonyl (C=O) groups is 2. The molecular weight excluding hydrogens is 484 g/mol. The first-order chi connectivity index (χ1) is 17.0. The number of hydrogen-bond donors (Lipinski definition) is 7. The molecule has 0 amide bonds. The zero-order valence-electron chi connectivity index (χ0n) is 18.3. The summed E-state index contributed by atoms with van der Waals surface area (Å²) in [5.74, 6) is -3.94. The van der Waals surface area contributed by atoms with Crippen molar-refractivity contribution in [3.63, 3.8) is 0 Å². The summed E-state index contributed by atoms with van der Waals surface area (Å²) in [6.07, 6.45) is -6.62. The smallest absolute Gasteiger partial charge is 0.317 e. The number of ether oxygens (including phenoxy) is 4. The Morgan fingerprint density at radius 3 is 2.39 bits per heavy atom. The number of phenols is 4. The fourth-order valence-corrected chi connectivity index (χ4v) is 3.71. The van der Waals surface area contributed by atoms with Gasteiger partial charge in [0.15, 0.2) is 17.6 Å². The van der Waals surface area contributed by atoms with Gasteiger partial charge in [0.25, 0.3) is 0 Å². The molecule has 0 aromatic heterocycles. The normalized spacial score (nSPS) is 24.8. The Labute approximate surface area is 202 Å². The number of fused-ring (bicyclic) bond motifs is 1. The molecule has 36 heavy (non-hydrogen) atoms. The minimum Gasteiger partial charge on any atom is -0.508 e. The largest absolute Gasteiger partial charge is 0.508 e. The first kappa shape index (κ1) is 24.9. The van der Waals surface area contributed by atoms with Crippen molar-refractivity contribution < 1.29 is 64.3 Å². The number of esters is 1. The summed E-state index contributed by atoms with van der Waals surface area (Å²) in [5, 5.41) is 69.0. The highest BCUT2D eigenvalue weighted by Crippen LogP contribution is 2.45. The van der Waals surface area contributed by atoms with Gasteiger partial charge in [-0.15, -0.1) is 0 Å². The lowest BCUT2D eigenvalue weighted by molar-refractivity contribution is -0.167. The molecule has 192 valence electrons. The molecule has 1 unspecified atom stereocenters. The maximum Gasteiger partial charge on any atom is 0.317 e. The van der Waals surface area contributed by atoms with E-state index in [1.54, 1.807) is 0 Å². The highest BCUT2D eigenvalue weighted by Gasteiger charge is 2.46. The predicted octanol–water partition coefficient (Wildman–Crippen LogP) is 0.465. The second kappa shape index (κ2) is 9.81. The van der Waals surface area contributed by atoms with E-state index in [9.17, 15) is 40.2 Å². The molecule has 0 radical (unpaired) electrons. The van der Waals surface area contributed by atoms with Crippen LogP contribution in [0.15, 0.2) is 36.1 Å². The number of benzene rings is 2. The molecule has 2 heterocycles. The summed E-state index contributed by atoms with van der Waals surface area (Å²) in [6, 6.07) is 6.11. The number of carboxylic acids is 1. The van der Waals surface area contributed by atoms with Crippen LogP contribution in [0.5, 0.6) is 28.7 Å². The van der Waals surface area contributed by atoms with E-state index in [0.717, 1.165) is 6.07 Å². The fourth-order valence-electron chi connectivity index (χ4n) is 3.71. The molecule has 0 bridgehead atoms. The number of rotatable bonds is 7. The van der Waals surface area contributed by atoms with Gasteiger partial charge in [-0.3, -0.25) is 9.59 Å². The van der Waals surface area contributed by atoms with Gasteiger partial charge in [-0.2, -0.15) is 0 Å². The molecule has 13 heteroatoms. The van der Waals surface area contributed by atoms with Crippen LogP contribution < -0.4 is 4.74 Å². The van der Waals surface area contributed by atoms with Crippen molar-refractivity contribution >= 4 is 18.0 Å². The van der Waals surface area contributed by atoms with E-state index in [2.05, 4.69) is 0 Å².